The SMILES string of the molecule is CCCCCCCCCCCCOP(O)OC1CCCCC1. The molecule has 1 aliphatic rings. The van der Waals surface area contributed by atoms with E-state index in [1.54, 1.807) is 0 Å². The van der Waals surface area contributed by atoms with Gasteiger partial charge in [-0.1, -0.05) is 84.0 Å². The minimum absolute atomic E-state index is 0.234. The summed E-state index contributed by atoms with van der Waals surface area (Å²) in [6.07, 6.45) is 19.4. The Morgan fingerprint density at radius 3 is 1.95 bits per heavy atom. The number of hydrogen-bond acceptors (Lipinski definition) is 3. The van der Waals surface area contributed by atoms with E-state index in [4.69, 9.17) is 9.05 Å². The lowest BCUT2D eigenvalue weighted by atomic mass is 9.98. The Labute approximate surface area is 139 Å². The van der Waals surface area contributed by atoms with Crippen molar-refractivity contribution in [2.75, 3.05) is 6.61 Å². The van der Waals surface area contributed by atoms with Crippen LogP contribution in [0.1, 0.15) is 103 Å². The smallest absolute Gasteiger partial charge is 0.328 e. The molecule has 0 bridgehead atoms. The quantitative estimate of drug-likeness (QED) is 0.292. The summed E-state index contributed by atoms with van der Waals surface area (Å²) in [5.74, 6) is 0. The second-order valence-corrected chi connectivity index (χ2v) is 7.56. The Morgan fingerprint density at radius 2 is 1.36 bits per heavy atom. The molecule has 0 amide bonds. The second-order valence-electron chi connectivity index (χ2n) is 6.62. The molecule has 0 heterocycles. The van der Waals surface area contributed by atoms with E-state index >= 15 is 0 Å². The molecule has 1 atom stereocenters. The summed E-state index contributed by atoms with van der Waals surface area (Å²) in [7, 11) is -1.64. The van der Waals surface area contributed by atoms with Crippen LogP contribution in [0.3, 0.4) is 0 Å². The van der Waals surface area contributed by atoms with Gasteiger partial charge in [0.25, 0.3) is 0 Å². The summed E-state index contributed by atoms with van der Waals surface area (Å²) in [5, 5.41) is 0. The summed E-state index contributed by atoms with van der Waals surface area (Å²) in [4.78, 5) is 9.77. The third-order valence-electron chi connectivity index (χ3n) is 4.49. The molecule has 1 saturated carbocycles. The predicted octanol–water partition coefficient (Wildman–Crippen LogP) is 6.49. The van der Waals surface area contributed by atoms with Crippen LogP contribution in [0.5, 0.6) is 0 Å². The molecule has 3 nitrogen and oxygen atoms in total. The first-order valence-corrected chi connectivity index (χ1v) is 10.7. The Hall–Kier alpha value is 0.310. The van der Waals surface area contributed by atoms with Gasteiger partial charge in [-0.15, -0.1) is 0 Å². The molecular weight excluding hydrogens is 295 g/mol. The molecule has 0 aromatic carbocycles. The first-order valence-electron chi connectivity index (χ1n) is 9.61. The van der Waals surface area contributed by atoms with Crippen molar-refractivity contribution in [2.45, 2.75) is 109 Å². The van der Waals surface area contributed by atoms with E-state index in [1.807, 2.05) is 0 Å². The molecular formula is C18H37O3P. The molecule has 22 heavy (non-hydrogen) atoms. The molecule has 1 unspecified atom stereocenters. The first-order chi connectivity index (χ1) is 10.8. The molecule has 132 valence electrons. The molecule has 1 fully saturated rings. The highest BCUT2D eigenvalue weighted by atomic mass is 31.2. The second kappa shape index (κ2) is 14.9. The molecule has 0 radical (unpaired) electrons. The van der Waals surface area contributed by atoms with Gasteiger partial charge in [0.2, 0.25) is 0 Å². The van der Waals surface area contributed by atoms with E-state index in [2.05, 4.69) is 6.92 Å². The maximum Gasteiger partial charge on any atom is 0.330 e. The highest BCUT2D eigenvalue weighted by Crippen LogP contribution is 2.38. The van der Waals surface area contributed by atoms with Crippen LogP contribution in [0.25, 0.3) is 0 Å². The Bertz CT molecular complexity index is 232. The molecule has 0 saturated heterocycles. The van der Waals surface area contributed by atoms with E-state index < -0.39 is 8.60 Å². The number of unbranched alkanes of at least 4 members (excludes halogenated alkanes) is 9. The lowest BCUT2D eigenvalue weighted by Crippen LogP contribution is -2.14. The van der Waals surface area contributed by atoms with E-state index in [-0.39, 0.29) is 6.10 Å². The van der Waals surface area contributed by atoms with Crippen LogP contribution in [0, 0.1) is 0 Å². The summed E-state index contributed by atoms with van der Waals surface area (Å²) in [6.45, 7) is 2.91. The van der Waals surface area contributed by atoms with E-state index in [0.29, 0.717) is 6.61 Å². The maximum absolute atomic E-state index is 9.77. The topological polar surface area (TPSA) is 38.7 Å². The molecule has 0 aliphatic heterocycles. The van der Waals surface area contributed by atoms with E-state index in [9.17, 15) is 4.89 Å². The van der Waals surface area contributed by atoms with Crippen LogP contribution in [0.2, 0.25) is 0 Å². The van der Waals surface area contributed by atoms with Crippen molar-refractivity contribution < 1.29 is 13.9 Å². The Morgan fingerprint density at radius 1 is 0.818 bits per heavy atom. The largest absolute Gasteiger partial charge is 0.330 e. The molecule has 1 N–H and O–H groups in total. The normalized spacial score (nSPS) is 17.7. The minimum Gasteiger partial charge on any atom is -0.328 e. The highest BCUT2D eigenvalue weighted by molar-refractivity contribution is 7.40. The summed E-state index contributed by atoms with van der Waals surface area (Å²) >= 11 is 0. The van der Waals surface area contributed by atoms with Crippen LogP contribution in [-0.4, -0.2) is 17.6 Å². The zero-order valence-corrected chi connectivity index (χ0v) is 15.5. The summed E-state index contributed by atoms with van der Waals surface area (Å²) < 4.78 is 11.0. The van der Waals surface area contributed by atoms with Gasteiger partial charge in [0.05, 0.1) is 12.7 Å². The lowest BCUT2D eigenvalue weighted by Gasteiger charge is -2.23. The lowest BCUT2D eigenvalue weighted by molar-refractivity contribution is 0.113. The van der Waals surface area contributed by atoms with Crippen LogP contribution < -0.4 is 0 Å². The molecule has 0 aromatic heterocycles. The van der Waals surface area contributed by atoms with Crippen LogP contribution >= 0.6 is 8.60 Å². The summed E-state index contributed by atoms with van der Waals surface area (Å²) in [6, 6.07) is 0. The highest BCUT2D eigenvalue weighted by Gasteiger charge is 2.18. The van der Waals surface area contributed by atoms with Crippen molar-refractivity contribution in [3.05, 3.63) is 0 Å². The van der Waals surface area contributed by atoms with Gasteiger partial charge in [-0.05, 0) is 19.3 Å². The van der Waals surface area contributed by atoms with Crippen LogP contribution in [0.4, 0.5) is 0 Å². The van der Waals surface area contributed by atoms with Gasteiger partial charge in [-0.3, -0.25) is 0 Å². The monoisotopic (exact) mass is 332 g/mol. The minimum atomic E-state index is -1.64. The molecule has 1 aliphatic carbocycles. The van der Waals surface area contributed by atoms with E-state index in [1.165, 1.54) is 77.0 Å². The standard InChI is InChI=1S/C18H37O3P/c1-2-3-4-5-6-7-8-9-10-14-17-20-22(19)21-18-15-12-11-13-16-18/h18-19H,2-17H2,1H3. The summed E-state index contributed by atoms with van der Waals surface area (Å²) in [5.41, 5.74) is 0. The zero-order chi connectivity index (χ0) is 15.9. The average molecular weight is 332 g/mol. The van der Waals surface area contributed by atoms with Gasteiger partial charge in [-0.2, -0.15) is 0 Å². The molecule has 0 spiro atoms. The van der Waals surface area contributed by atoms with E-state index in [0.717, 1.165) is 19.3 Å². The van der Waals surface area contributed by atoms with Gasteiger partial charge in [0.1, 0.15) is 0 Å². The number of hydrogen-bond donors (Lipinski definition) is 1. The number of rotatable bonds is 14. The van der Waals surface area contributed by atoms with Gasteiger partial charge in [-0.25, -0.2) is 0 Å². The van der Waals surface area contributed by atoms with Gasteiger partial charge in [0.15, 0.2) is 0 Å². The Kier molecular flexibility index (Phi) is 13.8. The third-order valence-corrected chi connectivity index (χ3v) is 5.37. The zero-order valence-electron chi connectivity index (χ0n) is 14.6. The van der Waals surface area contributed by atoms with Gasteiger partial charge >= 0.3 is 8.60 Å². The third kappa shape index (κ3) is 11.8. The fraction of sp³-hybridized carbons (Fsp3) is 1.00. The van der Waals surface area contributed by atoms with Gasteiger partial charge < -0.3 is 13.9 Å². The van der Waals surface area contributed by atoms with Crippen LogP contribution in [-0.2, 0) is 9.05 Å². The molecule has 0 aromatic rings. The van der Waals surface area contributed by atoms with Crippen LogP contribution in [0.15, 0.2) is 0 Å². The van der Waals surface area contributed by atoms with Crippen molar-refractivity contribution in [3.8, 4) is 0 Å². The van der Waals surface area contributed by atoms with Crippen molar-refractivity contribution in [1.82, 2.24) is 0 Å². The van der Waals surface area contributed by atoms with Gasteiger partial charge in [0, 0.05) is 0 Å². The fourth-order valence-corrected chi connectivity index (χ4v) is 3.87. The molecule has 1 rings (SSSR count). The van der Waals surface area contributed by atoms with Crippen molar-refractivity contribution >= 4 is 8.60 Å². The van der Waals surface area contributed by atoms with Crippen molar-refractivity contribution in [2.24, 2.45) is 0 Å². The van der Waals surface area contributed by atoms with Crippen molar-refractivity contribution in [3.63, 3.8) is 0 Å². The maximum atomic E-state index is 9.77. The average Bonchev–Trinajstić information content (AvgIpc) is 2.53. The van der Waals surface area contributed by atoms with Crippen molar-refractivity contribution in [1.29, 1.82) is 0 Å². The fourth-order valence-electron chi connectivity index (χ4n) is 3.06. The predicted molar refractivity (Wildman–Crippen MR) is 94.9 cm³/mol. The molecule has 4 heteroatoms. The first kappa shape index (κ1) is 20.4. The Balaban J connectivity index is 1.78.